The third-order valence-corrected chi connectivity index (χ3v) is 5.06. The zero-order valence-electron chi connectivity index (χ0n) is 12.7. The fourth-order valence-electron chi connectivity index (χ4n) is 2.28. The van der Waals surface area contributed by atoms with E-state index in [2.05, 4.69) is 0 Å². The lowest BCUT2D eigenvalue weighted by atomic mass is 9.98. The van der Waals surface area contributed by atoms with E-state index in [9.17, 15) is 19.1 Å². The molecule has 2 unspecified atom stereocenters. The van der Waals surface area contributed by atoms with E-state index in [-0.39, 0.29) is 20.7 Å². The van der Waals surface area contributed by atoms with Crippen LogP contribution in [0.1, 0.15) is 25.8 Å². The number of carboxylic acid groups (broad SMARTS) is 1. The number of carbonyl (C=O) groups is 2. The highest BCUT2D eigenvalue weighted by molar-refractivity contribution is 8.26. The van der Waals surface area contributed by atoms with E-state index in [1.165, 1.54) is 12.1 Å². The minimum Gasteiger partial charge on any atom is -0.480 e. The molecule has 0 radical (unpaired) electrons. The first-order valence-electron chi connectivity index (χ1n) is 7.11. The van der Waals surface area contributed by atoms with Crippen LogP contribution in [0.25, 0.3) is 6.08 Å². The summed E-state index contributed by atoms with van der Waals surface area (Å²) in [6.45, 7) is 3.62. The molecule has 2 atom stereocenters. The van der Waals surface area contributed by atoms with Crippen molar-refractivity contribution in [1.29, 1.82) is 0 Å². The molecule has 7 heteroatoms. The van der Waals surface area contributed by atoms with E-state index >= 15 is 0 Å². The maximum atomic E-state index is 13.7. The summed E-state index contributed by atoms with van der Waals surface area (Å²) < 4.78 is 13.9. The van der Waals surface area contributed by atoms with Crippen LogP contribution in [0.15, 0.2) is 29.2 Å². The minimum atomic E-state index is -1.09. The number of halogens is 1. The average Bonchev–Trinajstić information content (AvgIpc) is 2.77. The van der Waals surface area contributed by atoms with Gasteiger partial charge in [-0.05, 0) is 18.1 Å². The van der Waals surface area contributed by atoms with Crippen molar-refractivity contribution in [3.63, 3.8) is 0 Å². The summed E-state index contributed by atoms with van der Waals surface area (Å²) in [5.74, 6) is -2.28. The molecule has 0 spiro atoms. The van der Waals surface area contributed by atoms with Crippen LogP contribution in [0.5, 0.6) is 0 Å². The Morgan fingerprint density at radius 2 is 2.13 bits per heavy atom. The van der Waals surface area contributed by atoms with Gasteiger partial charge in [0.25, 0.3) is 5.91 Å². The molecule has 1 aliphatic rings. The summed E-state index contributed by atoms with van der Waals surface area (Å²) in [5.41, 5.74) is 0.267. The van der Waals surface area contributed by atoms with Crippen LogP contribution in [-0.2, 0) is 9.59 Å². The van der Waals surface area contributed by atoms with Crippen molar-refractivity contribution < 1.29 is 19.1 Å². The van der Waals surface area contributed by atoms with Gasteiger partial charge in [-0.1, -0.05) is 62.4 Å². The number of carboxylic acids is 1. The second kappa shape index (κ2) is 7.23. The topological polar surface area (TPSA) is 57.6 Å². The number of aliphatic carboxylic acids is 1. The zero-order valence-corrected chi connectivity index (χ0v) is 14.3. The van der Waals surface area contributed by atoms with Crippen molar-refractivity contribution >= 4 is 46.3 Å². The molecule has 1 aromatic rings. The van der Waals surface area contributed by atoms with Crippen molar-refractivity contribution in [3.05, 3.63) is 40.6 Å². The van der Waals surface area contributed by atoms with Crippen molar-refractivity contribution in [2.75, 3.05) is 0 Å². The van der Waals surface area contributed by atoms with E-state index < -0.39 is 23.7 Å². The minimum absolute atomic E-state index is 0.185. The second-order valence-electron chi connectivity index (χ2n) is 5.24. The molecule has 1 amide bonds. The highest BCUT2D eigenvalue weighted by atomic mass is 32.2. The highest BCUT2D eigenvalue weighted by Gasteiger charge is 2.42. The molecule has 122 valence electrons. The molecule has 0 bridgehead atoms. The van der Waals surface area contributed by atoms with Gasteiger partial charge in [0.15, 0.2) is 0 Å². The molecule has 23 heavy (non-hydrogen) atoms. The largest absolute Gasteiger partial charge is 0.480 e. The van der Waals surface area contributed by atoms with E-state index in [1.54, 1.807) is 25.1 Å². The Morgan fingerprint density at radius 3 is 2.70 bits per heavy atom. The summed E-state index contributed by atoms with van der Waals surface area (Å²) in [6, 6.07) is 5.05. The third kappa shape index (κ3) is 3.61. The average molecular weight is 353 g/mol. The van der Waals surface area contributed by atoms with Gasteiger partial charge in [0.2, 0.25) is 0 Å². The number of thiocarbonyl (C=S) groups is 1. The van der Waals surface area contributed by atoms with E-state index in [0.717, 1.165) is 16.7 Å². The zero-order chi connectivity index (χ0) is 17.1. The second-order valence-corrected chi connectivity index (χ2v) is 6.92. The lowest BCUT2D eigenvalue weighted by Gasteiger charge is -2.27. The predicted octanol–water partition coefficient (Wildman–Crippen LogP) is 3.53. The lowest BCUT2D eigenvalue weighted by molar-refractivity contribution is -0.147. The Hall–Kier alpha value is -1.73. The smallest absolute Gasteiger partial charge is 0.327 e. The van der Waals surface area contributed by atoms with Crippen molar-refractivity contribution in [3.8, 4) is 0 Å². The number of hydrogen-bond donors (Lipinski definition) is 1. The van der Waals surface area contributed by atoms with Crippen LogP contribution in [0.4, 0.5) is 4.39 Å². The van der Waals surface area contributed by atoms with Crippen LogP contribution in [0.3, 0.4) is 0 Å². The fourth-order valence-corrected chi connectivity index (χ4v) is 3.60. The molecule has 4 nitrogen and oxygen atoms in total. The molecule has 0 aromatic heterocycles. The number of thioether (sulfide) groups is 1. The number of hydrogen-bond acceptors (Lipinski definition) is 4. The van der Waals surface area contributed by atoms with E-state index in [1.807, 2.05) is 6.92 Å². The number of nitrogens with zero attached hydrogens (tertiary/aromatic N) is 1. The van der Waals surface area contributed by atoms with Gasteiger partial charge in [-0.3, -0.25) is 9.69 Å². The summed E-state index contributed by atoms with van der Waals surface area (Å²) in [5, 5.41) is 9.45. The molecule has 1 aliphatic heterocycles. The highest BCUT2D eigenvalue weighted by Crippen LogP contribution is 2.36. The molecular weight excluding hydrogens is 337 g/mol. The third-order valence-electron chi connectivity index (χ3n) is 3.73. The van der Waals surface area contributed by atoms with Gasteiger partial charge in [0.05, 0.1) is 4.91 Å². The van der Waals surface area contributed by atoms with Crippen molar-refractivity contribution in [2.24, 2.45) is 5.92 Å². The van der Waals surface area contributed by atoms with Crippen LogP contribution in [0.2, 0.25) is 0 Å². The standard InChI is InChI=1S/C16H16FNO3S2/c1-3-9(2)13(15(20)21)18-14(19)12(23-16(18)22)8-10-6-4-5-7-11(10)17/h4-9,13H,3H2,1-2H3,(H,20,21)/b12-8-. The Kier molecular flexibility index (Phi) is 5.54. The first-order chi connectivity index (χ1) is 10.9. The molecule has 0 saturated carbocycles. The number of benzene rings is 1. The quantitative estimate of drug-likeness (QED) is 0.648. The normalized spacial score (nSPS) is 19.3. The van der Waals surface area contributed by atoms with Crippen molar-refractivity contribution in [2.45, 2.75) is 26.3 Å². The van der Waals surface area contributed by atoms with Gasteiger partial charge in [-0.15, -0.1) is 0 Å². The molecule has 1 fully saturated rings. The molecule has 1 aromatic carbocycles. The Morgan fingerprint density at radius 1 is 1.48 bits per heavy atom. The lowest BCUT2D eigenvalue weighted by Crippen LogP contribution is -2.47. The first-order valence-corrected chi connectivity index (χ1v) is 8.33. The Labute approximate surface area is 143 Å². The molecule has 1 saturated heterocycles. The van der Waals surface area contributed by atoms with Crippen LogP contribution in [-0.4, -0.2) is 32.2 Å². The van der Waals surface area contributed by atoms with E-state index in [0.29, 0.717) is 6.42 Å². The molecule has 2 rings (SSSR count). The summed E-state index contributed by atoms with van der Waals surface area (Å²) in [7, 11) is 0. The number of rotatable bonds is 5. The maximum absolute atomic E-state index is 13.7. The van der Waals surface area contributed by atoms with Gasteiger partial charge >= 0.3 is 5.97 Å². The van der Waals surface area contributed by atoms with Gasteiger partial charge in [0.1, 0.15) is 16.2 Å². The Bertz CT molecular complexity index is 690. The molecule has 0 aliphatic carbocycles. The van der Waals surface area contributed by atoms with Crippen LogP contribution in [0, 0.1) is 11.7 Å². The van der Waals surface area contributed by atoms with Crippen LogP contribution >= 0.6 is 24.0 Å². The van der Waals surface area contributed by atoms with Crippen molar-refractivity contribution in [1.82, 2.24) is 4.90 Å². The van der Waals surface area contributed by atoms with Gasteiger partial charge in [-0.2, -0.15) is 0 Å². The fraction of sp³-hybridized carbons (Fsp3) is 0.312. The SMILES string of the molecule is CCC(C)C(C(=O)O)N1C(=O)/C(=C/c2ccccc2F)SC1=S. The number of carbonyl (C=O) groups excluding carboxylic acids is 1. The van der Waals surface area contributed by atoms with Gasteiger partial charge < -0.3 is 5.11 Å². The summed E-state index contributed by atoms with van der Waals surface area (Å²) >= 11 is 6.17. The van der Waals surface area contributed by atoms with Crippen LogP contribution < -0.4 is 0 Å². The number of amides is 1. The molecule has 1 N–H and O–H groups in total. The molecular formula is C16H16FNO3S2. The first kappa shape index (κ1) is 17.6. The van der Waals surface area contributed by atoms with Gasteiger partial charge in [0, 0.05) is 5.56 Å². The van der Waals surface area contributed by atoms with E-state index in [4.69, 9.17) is 12.2 Å². The predicted molar refractivity (Wildman–Crippen MR) is 92.3 cm³/mol. The maximum Gasteiger partial charge on any atom is 0.327 e. The monoisotopic (exact) mass is 353 g/mol. The molecule has 1 heterocycles. The summed E-state index contributed by atoms with van der Waals surface area (Å²) in [6.07, 6.45) is 2.00. The van der Waals surface area contributed by atoms with Gasteiger partial charge in [-0.25, -0.2) is 9.18 Å². The Balaban J connectivity index is 2.36. The summed E-state index contributed by atoms with van der Waals surface area (Å²) in [4.78, 5) is 25.5.